The van der Waals surface area contributed by atoms with Crippen molar-refractivity contribution in [3.05, 3.63) is 48.0 Å². The van der Waals surface area contributed by atoms with Gasteiger partial charge in [0.15, 0.2) is 0 Å². The van der Waals surface area contributed by atoms with Crippen molar-refractivity contribution < 1.29 is 4.79 Å². The molecule has 34 heavy (non-hydrogen) atoms. The normalized spacial score (nSPS) is 20.1. The molecule has 5 heteroatoms. The van der Waals surface area contributed by atoms with Crippen molar-refractivity contribution in [3.63, 3.8) is 0 Å². The van der Waals surface area contributed by atoms with Gasteiger partial charge in [0.1, 0.15) is 0 Å². The molecule has 0 spiro atoms. The Morgan fingerprint density at radius 1 is 0.882 bits per heavy atom. The van der Waals surface area contributed by atoms with Crippen LogP contribution in [0.1, 0.15) is 50.5 Å². The van der Waals surface area contributed by atoms with E-state index < -0.39 is 0 Å². The largest absolute Gasteiger partial charge is 0.342 e. The average Bonchev–Trinajstić information content (AvgIpc) is 2.87. The average molecular weight is 465 g/mol. The van der Waals surface area contributed by atoms with Crippen molar-refractivity contribution >= 4 is 16.7 Å². The molecule has 4 rings (SSSR count). The highest BCUT2D eigenvalue weighted by molar-refractivity contribution is 5.90. The molecule has 0 radical (unpaired) electrons. The number of fused-ring (bicyclic) bond motifs is 1. The van der Waals surface area contributed by atoms with Crippen molar-refractivity contribution in [1.29, 1.82) is 0 Å². The molecule has 0 bridgehead atoms. The highest BCUT2D eigenvalue weighted by Crippen LogP contribution is 2.22. The van der Waals surface area contributed by atoms with E-state index in [4.69, 9.17) is 0 Å². The van der Waals surface area contributed by atoms with E-state index in [1.807, 2.05) is 0 Å². The number of amides is 1. The van der Waals surface area contributed by atoms with Crippen LogP contribution in [0.2, 0.25) is 0 Å². The van der Waals surface area contributed by atoms with Crippen molar-refractivity contribution in [2.45, 2.75) is 57.4 Å². The molecule has 5 nitrogen and oxygen atoms in total. The molecule has 2 fully saturated rings. The van der Waals surface area contributed by atoms with E-state index in [9.17, 15) is 4.79 Å². The molecule has 2 aliphatic rings. The van der Waals surface area contributed by atoms with Crippen molar-refractivity contribution in [2.24, 2.45) is 5.92 Å². The monoisotopic (exact) mass is 464 g/mol. The predicted molar refractivity (Wildman–Crippen MR) is 142 cm³/mol. The van der Waals surface area contributed by atoms with Gasteiger partial charge in [0, 0.05) is 25.7 Å². The summed E-state index contributed by atoms with van der Waals surface area (Å²) in [6.45, 7) is 7.51. The zero-order valence-corrected chi connectivity index (χ0v) is 21.1. The molecular formula is C29H44N4O. The maximum Gasteiger partial charge on any atom is 0.227 e. The maximum absolute atomic E-state index is 12.9. The van der Waals surface area contributed by atoms with Crippen LogP contribution in [0.4, 0.5) is 0 Å². The summed E-state index contributed by atoms with van der Waals surface area (Å²) >= 11 is 0. The number of carbonyl (C=O) groups is 1. The first-order valence-electron chi connectivity index (χ1n) is 13.6. The lowest BCUT2D eigenvalue weighted by molar-refractivity contribution is -0.131. The molecule has 2 aromatic carbocycles. The second kappa shape index (κ2) is 13.2. The van der Waals surface area contributed by atoms with E-state index in [0.29, 0.717) is 12.3 Å². The molecular weight excluding hydrogens is 420 g/mol. The van der Waals surface area contributed by atoms with E-state index in [0.717, 1.165) is 63.7 Å². The quantitative estimate of drug-likeness (QED) is 0.492. The first kappa shape index (κ1) is 25.2. The fourth-order valence-corrected chi connectivity index (χ4v) is 5.58. The minimum absolute atomic E-state index is 0.273. The molecule has 2 saturated heterocycles. The molecule has 1 atom stereocenters. The second-order valence-electron chi connectivity index (χ2n) is 10.4. The number of piperidine rings is 2. The second-order valence-corrected chi connectivity index (χ2v) is 10.4. The van der Waals surface area contributed by atoms with Crippen LogP contribution in [-0.2, 0) is 11.2 Å². The van der Waals surface area contributed by atoms with Gasteiger partial charge in [-0.15, -0.1) is 0 Å². The number of benzene rings is 2. The standard InChI is InChI=1S/C29H44N4O/c1-32-18-7-4-12-27(32)23-31-17-6-5-16-30-22-24-14-19-33(20-15-24)29(34)21-26-11-8-10-25-9-2-3-13-28(25)26/h2-3,8-11,13,24,27,30-31H,4-7,12,14-23H2,1H3. The summed E-state index contributed by atoms with van der Waals surface area (Å²) in [4.78, 5) is 17.5. The molecule has 0 aromatic heterocycles. The number of likely N-dealkylation sites (N-methyl/N-ethyl adjacent to an activating group) is 1. The lowest BCUT2D eigenvalue weighted by Gasteiger charge is -2.32. The fraction of sp³-hybridized carbons (Fsp3) is 0.621. The first-order chi connectivity index (χ1) is 16.7. The third-order valence-electron chi connectivity index (χ3n) is 7.88. The Bertz CT molecular complexity index is 887. The van der Waals surface area contributed by atoms with Gasteiger partial charge in [-0.2, -0.15) is 0 Å². The van der Waals surface area contributed by atoms with Crippen LogP contribution in [0.15, 0.2) is 42.5 Å². The molecule has 186 valence electrons. The molecule has 0 saturated carbocycles. The number of likely N-dealkylation sites (tertiary alicyclic amines) is 2. The number of nitrogens with zero attached hydrogens (tertiary/aromatic N) is 2. The molecule has 1 amide bonds. The Kier molecular flexibility index (Phi) is 9.78. The van der Waals surface area contributed by atoms with Crippen LogP contribution in [0, 0.1) is 5.92 Å². The summed E-state index contributed by atoms with van der Waals surface area (Å²) in [7, 11) is 2.26. The molecule has 1 unspecified atom stereocenters. The Labute approximate surface area is 206 Å². The lowest BCUT2D eigenvalue weighted by atomic mass is 9.95. The van der Waals surface area contributed by atoms with Gasteiger partial charge in [0.2, 0.25) is 5.91 Å². The van der Waals surface area contributed by atoms with E-state index in [-0.39, 0.29) is 5.91 Å². The Morgan fingerprint density at radius 3 is 2.41 bits per heavy atom. The maximum atomic E-state index is 12.9. The number of hydrogen-bond donors (Lipinski definition) is 2. The van der Waals surface area contributed by atoms with E-state index >= 15 is 0 Å². The van der Waals surface area contributed by atoms with Crippen LogP contribution in [0.3, 0.4) is 0 Å². The number of unbranched alkanes of at least 4 members (excludes halogenated alkanes) is 1. The third kappa shape index (κ3) is 7.27. The SMILES string of the molecule is CN1CCCCC1CNCCCCNCC1CCN(C(=O)Cc2cccc3ccccc23)CC1. The fourth-order valence-electron chi connectivity index (χ4n) is 5.58. The summed E-state index contributed by atoms with van der Waals surface area (Å²) in [5.41, 5.74) is 1.15. The number of hydrogen-bond acceptors (Lipinski definition) is 4. The molecule has 2 N–H and O–H groups in total. The number of rotatable bonds is 11. The van der Waals surface area contributed by atoms with Crippen LogP contribution in [-0.4, -0.2) is 74.6 Å². The Balaban J connectivity index is 1.05. The Morgan fingerprint density at radius 2 is 1.62 bits per heavy atom. The van der Waals surface area contributed by atoms with Gasteiger partial charge in [-0.05, 0) is 94.0 Å². The summed E-state index contributed by atoms with van der Waals surface area (Å²) in [5.74, 6) is 0.969. The van der Waals surface area contributed by atoms with E-state index in [1.165, 1.54) is 49.4 Å². The highest BCUT2D eigenvalue weighted by Gasteiger charge is 2.23. The topological polar surface area (TPSA) is 47.6 Å². The molecule has 2 aliphatic heterocycles. The zero-order valence-electron chi connectivity index (χ0n) is 21.1. The van der Waals surface area contributed by atoms with Crippen LogP contribution < -0.4 is 10.6 Å². The van der Waals surface area contributed by atoms with Gasteiger partial charge >= 0.3 is 0 Å². The zero-order chi connectivity index (χ0) is 23.6. The first-order valence-corrected chi connectivity index (χ1v) is 13.6. The Hall–Kier alpha value is -1.95. The number of nitrogens with one attached hydrogen (secondary N) is 2. The minimum atomic E-state index is 0.273. The summed E-state index contributed by atoms with van der Waals surface area (Å²) < 4.78 is 0. The van der Waals surface area contributed by atoms with E-state index in [1.54, 1.807) is 0 Å². The van der Waals surface area contributed by atoms with Gasteiger partial charge in [-0.3, -0.25) is 4.79 Å². The summed E-state index contributed by atoms with van der Waals surface area (Å²) in [5, 5.41) is 9.74. The molecule has 2 aromatic rings. The van der Waals surface area contributed by atoms with E-state index in [2.05, 4.69) is 69.9 Å². The molecule has 0 aliphatic carbocycles. The lowest BCUT2D eigenvalue weighted by Crippen LogP contribution is -2.43. The van der Waals surface area contributed by atoms with Gasteiger partial charge in [0.05, 0.1) is 6.42 Å². The molecule has 2 heterocycles. The highest BCUT2D eigenvalue weighted by atomic mass is 16.2. The van der Waals surface area contributed by atoms with Gasteiger partial charge in [-0.25, -0.2) is 0 Å². The van der Waals surface area contributed by atoms with Crippen LogP contribution in [0.25, 0.3) is 10.8 Å². The number of carbonyl (C=O) groups excluding carboxylic acids is 1. The summed E-state index contributed by atoms with van der Waals surface area (Å²) in [6, 6.07) is 15.4. The third-order valence-corrected chi connectivity index (χ3v) is 7.88. The van der Waals surface area contributed by atoms with Crippen molar-refractivity contribution in [3.8, 4) is 0 Å². The minimum Gasteiger partial charge on any atom is -0.342 e. The van der Waals surface area contributed by atoms with Gasteiger partial charge in [0.25, 0.3) is 0 Å². The summed E-state index contributed by atoms with van der Waals surface area (Å²) in [6.07, 6.45) is 9.31. The van der Waals surface area contributed by atoms with Crippen molar-refractivity contribution in [1.82, 2.24) is 20.4 Å². The van der Waals surface area contributed by atoms with Crippen molar-refractivity contribution in [2.75, 3.05) is 52.9 Å². The smallest absolute Gasteiger partial charge is 0.227 e. The predicted octanol–water partition coefficient (Wildman–Crippen LogP) is 4.06. The van der Waals surface area contributed by atoms with Crippen LogP contribution in [0.5, 0.6) is 0 Å². The van der Waals surface area contributed by atoms with Crippen LogP contribution >= 0.6 is 0 Å². The van der Waals surface area contributed by atoms with Gasteiger partial charge < -0.3 is 20.4 Å². The van der Waals surface area contributed by atoms with Gasteiger partial charge in [-0.1, -0.05) is 48.9 Å².